The van der Waals surface area contributed by atoms with Crippen molar-refractivity contribution in [2.45, 2.75) is 31.6 Å². The first-order chi connectivity index (χ1) is 12.1. The van der Waals surface area contributed by atoms with Crippen LogP contribution in [0.3, 0.4) is 0 Å². The number of hydrogen-bond acceptors (Lipinski definition) is 6. The number of carbonyl (C=O) groups is 2. The van der Waals surface area contributed by atoms with Crippen molar-refractivity contribution in [1.29, 1.82) is 0 Å². The minimum Gasteiger partial charge on any atom is -0.445 e. The van der Waals surface area contributed by atoms with Crippen molar-refractivity contribution in [2.75, 3.05) is 33.8 Å². The van der Waals surface area contributed by atoms with Gasteiger partial charge in [-0.05, 0) is 13.3 Å². The molecule has 1 heterocycles. The fraction of sp³-hybridized carbons (Fsp3) is 0.625. The fourth-order valence-corrected chi connectivity index (χ4v) is 4.11. The van der Waals surface area contributed by atoms with Gasteiger partial charge in [0.15, 0.2) is 5.12 Å². The van der Waals surface area contributed by atoms with Crippen LogP contribution in [0.5, 0.6) is 0 Å². The summed E-state index contributed by atoms with van der Waals surface area (Å²) < 4.78 is 32.3. The van der Waals surface area contributed by atoms with E-state index < -0.39 is 16.3 Å². The van der Waals surface area contributed by atoms with Crippen LogP contribution < -0.4 is 4.72 Å². The minimum absolute atomic E-state index is 0.00509. The Morgan fingerprint density at radius 3 is 2.58 bits per heavy atom. The minimum atomic E-state index is -3.52. The Balaban J connectivity index is 2.84. The summed E-state index contributed by atoms with van der Waals surface area (Å²) in [6.45, 7) is 7.45. The molecule has 0 aliphatic carbocycles. The van der Waals surface area contributed by atoms with Gasteiger partial charge in [-0.15, -0.1) is 0 Å². The van der Waals surface area contributed by atoms with Gasteiger partial charge < -0.3 is 9.64 Å². The second-order valence-electron chi connectivity index (χ2n) is 6.17. The number of hydrogen-bond donors (Lipinski definition) is 1. The lowest BCUT2D eigenvalue weighted by Crippen LogP contribution is -2.37. The lowest BCUT2D eigenvalue weighted by molar-refractivity contribution is -0.109. The Hall–Kier alpha value is -1.36. The van der Waals surface area contributed by atoms with Crippen molar-refractivity contribution < 1.29 is 22.7 Å². The van der Waals surface area contributed by atoms with Crippen molar-refractivity contribution in [3.8, 4) is 0 Å². The van der Waals surface area contributed by atoms with Gasteiger partial charge in [0.05, 0.1) is 6.04 Å². The second-order valence-corrected chi connectivity index (χ2v) is 9.62. The topological polar surface area (TPSA) is 96.0 Å². The third kappa shape index (κ3) is 7.10. The zero-order valence-electron chi connectivity index (χ0n) is 15.6. The van der Waals surface area contributed by atoms with E-state index in [2.05, 4.69) is 11.3 Å². The third-order valence-electron chi connectivity index (χ3n) is 3.69. The second kappa shape index (κ2) is 10.1. The zero-order chi connectivity index (χ0) is 19.9. The van der Waals surface area contributed by atoms with Gasteiger partial charge in [-0.25, -0.2) is 4.79 Å². The zero-order valence-corrected chi connectivity index (χ0v) is 17.2. The highest BCUT2D eigenvalue weighted by Gasteiger charge is 2.36. The largest absolute Gasteiger partial charge is 0.445 e. The van der Waals surface area contributed by atoms with Crippen LogP contribution in [0, 0.1) is 0 Å². The van der Waals surface area contributed by atoms with E-state index in [0.717, 1.165) is 9.88 Å². The first-order valence-electron chi connectivity index (χ1n) is 8.12. The normalized spacial score (nSPS) is 21.1. The van der Waals surface area contributed by atoms with E-state index in [1.165, 1.54) is 38.9 Å². The molecule has 2 atom stereocenters. The van der Waals surface area contributed by atoms with Crippen molar-refractivity contribution in [1.82, 2.24) is 13.9 Å². The molecule has 8 nitrogen and oxygen atoms in total. The van der Waals surface area contributed by atoms with Crippen LogP contribution in [0.25, 0.3) is 0 Å². The Morgan fingerprint density at radius 1 is 1.38 bits per heavy atom. The summed E-state index contributed by atoms with van der Waals surface area (Å²) in [5, 5.41) is -0.0224. The van der Waals surface area contributed by atoms with Crippen molar-refractivity contribution >= 4 is 33.2 Å². The maximum absolute atomic E-state index is 12.2. The average Bonchev–Trinajstić information content (AvgIpc) is 2.92. The Bertz CT molecular complexity index is 661. The van der Waals surface area contributed by atoms with E-state index in [0.29, 0.717) is 13.0 Å². The first kappa shape index (κ1) is 22.7. The van der Waals surface area contributed by atoms with Crippen LogP contribution >= 0.6 is 11.8 Å². The van der Waals surface area contributed by atoms with Crippen LogP contribution in [-0.2, 0) is 19.7 Å². The van der Waals surface area contributed by atoms with Gasteiger partial charge in [0.2, 0.25) is 0 Å². The Kier molecular flexibility index (Phi) is 8.81. The van der Waals surface area contributed by atoms with E-state index in [9.17, 15) is 18.0 Å². The standard InChI is InChI=1S/C16H27N3O5S2/c1-6-7-24-16(21)19-11-15(25-13(3)20)9-14(19)8-12(2)10-17-26(22,23)18(4)5/h6,8,14-15,17H,1,7,9-11H2,2-5H3/t14-,15+/m1/s1. The molecule has 1 amide bonds. The van der Waals surface area contributed by atoms with Gasteiger partial charge in [-0.3, -0.25) is 4.79 Å². The SMILES string of the molecule is C=CCOC(=O)N1C[C@@H](SC(C)=O)C[C@H]1C=C(C)CNS(=O)(=O)N(C)C. The van der Waals surface area contributed by atoms with Gasteiger partial charge in [-0.2, -0.15) is 17.4 Å². The quantitative estimate of drug-likeness (QED) is 0.613. The lowest BCUT2D eigenvalue weighted by atomic mass is 10.1. The van der Waals surface area contributed by atoms with Gasteiger partial charge in [0.25, 0.3) is 10.2 Å². The van der Waals surface area contributed by atoms with E-state index in [1.807, 2.05) is 6.08 Å². The molecule has 10 heteroatoms. The summed E-state index contributed by atoms with van der Waals surface area (Å²) in [5.41, 5.74) is 0.774. The van der Waals surface area contributed by atoms with Crippen LogP contribution in [0.15, 0.2) is 24.3 Å². The van der Waals surface area contributed by atoms with E-state index in [-0.39, 0.29) is 29.6 Å². The molecular formula is C16H27N3O5S2. The fourth-order valence-electron chi connectivity index (χ4n) is 2.45. The summed E-state index contributed by atoms with van der Waals surface area (Å²) in [6.07, 6.45) is 3.46. The molecule has 148 valence electrons. The van der Waals surface area contributed by atoms with Crippen LogP contribution in [-0.4, -0.2) is 73.9 Å². The molecule has 1 N–H and O–H groups in total. The highest BCUT2D eigenvalue weighted by molar-refractivity contribution is 8.14. The summed E-state index contributed by atoms with van der Waals surface area (Å²) in [7, 11) is -0.631. The molecule has 1 rings (SSSR count). The number of nitrogens with one attached hydrogen (secondary N) is 1. The van der Waals surface area contributed by atoms with E-state index in [1.54, 1.807) is 11.8 Å². The van der Waals surface area contributed by atoms with E-state index in [4.69, 9.17) is 4.74 Å². The maximum Gasteiger partial charge on any atom is 0.410 e. The summed E-state index contributed by atoms with van der Waals surface area (Å²) in [4.78, 5) is 25.2. The van der Waals surface area contributed by atoms with Crippen molar-refractivity contribution in [3.05, 3.63) is 24.3 Å². The smallest absolute Gasteiger partial charge is 0.410 e. The predicted molar refractivity (Wildman–Crippen MR) is 103 cm³/mol. The average molecular weight is 406 g/mol. The summed E-state index contributed by atoms with van der Waals surface area (Å²) >= 11 is 1.20. The monoisotopic (exact) mass is 405 g/mol. The number of rotatable bonds is 8. The molecule has 0 bridgehead atoms. The van der Waals surface area contributed by atoms with Crippen LogP contribution in [0.1, 0.15) is 20.3 Å². The van der Waals surface area contributed by atoms with Crippen molar-refractivity contribution in [2.24, 2.45) is 0 Å². The molecule has 0 aromatic rings. The number of thioether (sulfide) groups is 1. The van der Waals surface area contributed by atoms with Crippen molar-refractivity contribution in [3.63, 3.8) is 0 Å². The molecular weight excluding hydrogens is 378 g/mol. The molecule has 0 radical (unpaired) electrons. The Labute approximate surface area is 159 Å². The molecule has 26 heavy (non-hydrogen) atoms. The van der Waals surface area contributed by atoms with Gasteiger partial charge in [0, 0.05) is 39.4 Å². The van der Waals surface area contributed by atoms with E-state index >= 15 is 0 Å². The highest BCUT2D eigenvalue weighted by Crippen LogP contribution is 2.29. The third-order valence-corrected chi connectivity index (χ3v) is 6.17. The Morgan fingerprint density at radius 2 is 2.04 bits per heavy atom. The molecule has 0 unspecified atom stereocenters. The molecule has 1 aliphatic heterocycles. The number of likely N-dealkylation sites (tertiary alicyclic amines) is 1. The molecule has 0 aromatic heterocycles. The van der Waals surface area contributed by atoms with Crippen LogP contribution in [0.2, 0.25) is 0 Å². The van der Waals surface area contributed by atoms with Gasteiger partial charge in [0.1, 0.15) is 6.61 Å². The number of carbonyl (C=O) groups excluding carboxylic acids is 2. The molecule has 1 aliphatic rings. The maximum atomic E-state index is 12.2. The lowest BCUT2D eigenvalue weighted by Gasteiger charge is -2.22. The summed E-state index contributed by atoms with van der Waals surface area (Å²) in [6, 6.07) is -0.256. The predicted octanol–water partition coefficient (Wildman–Crippen LogP) is 1.37. The number of amides is 1. The van der Waals surface area contributed by atoms with Gasteiger partial charge in [-0.1, -0.05) is 36.1 Å². The molecule has 1 fully saturated rings. The summed E-state index contributed by atoms with van der Waals surface area (Å²) in [5.74, 6) is 0. The molecule has 0 saturated carbocycles. The highest BCUT2D eigenvalue weighted by atomic mass is 32.2. The number of nitrogens with zero attached hydrogens (tertiary/aromatic N) is 2. The van der Waals surface area contributed by atoms with Gasteiger partial charge >= 0.3 is 6.09 Å². The number of ether oxygens (including phenoxy) is 1. The molecule has 0 aromatic carbocycles. The molecule has 0 spiro atoms. The first-order valence-corrected chi connectivity index (χ1v) is 10.4. The molecule has 1 saturated heterocycles. The van der Waals surface area contributed by atoms with Crippen LogP contribution in [0.4, 0.5) is 4.79 Å².